The Morgan fingerprint density at radius 3 is 2.62 bits per heavy atom. The van der Waals surface area contributed by atoms with E-state index >= 15 is 0 Å². The zero-order valence-electron chi connectivity index (χ0n) is 8.34. The molecule has 0 aliphatic heterocycles. The van der Waals surface area contributed by atoms with E-state index in [0.29, 0.717) is 6.61 Å². The summed E-state index contributed by atoms with van der Waals surface area (Å²) < 4.78 is 7.72. The first kappa shape index (κ1) is 12.4. The van der Waals surface area contributed by atoms with Crippen molar-refractivity contribution in [1.29, 1.82) is 0 Å². The van der Waals surface area contributed by atoms with Gasteiger partial charge in [-0.15, -0.1) is 0 Å². The molecule has 2 aromatic rings. The molecule has 16 heavy (non-hydrogen) atoms. The van der Waals surface area contributed by atoms with Gasteiger partial charge < -0.3 is 4.74 Å². The minimum absolute atomic E-state index is 0.667. The van der Waals surface area contributed by atoms with Crippen LogP contribution in [0.5, 0.6) is 5.75 Å². The van der Waals surface area contributed by atoms with E-state index in [2.05, 4.69) is 66.0 Å². The van der Waals surface area contributed by atoms with Crippen molar-refractivity contribution in [1.82, 2.24) is 0 Å². The van der Waals surface area contributed by atoms with Gasteiger partial charge in [0, 0.05) is 9.80 Å². The van der Waals surface area contributed by atoms with Crippen LogP contribution in [0.25, 0.3) is 10.8 Å². The van der Waals surface area contributed by atoms with Crippen molar-refractivity contribution >= 4 is 58.6 Å². The Labute approximate surface area is 120 Å². The van der Waals surface area contributed by atoms with Gasteiger partial charge >= 0.3 is 0 Å². The molecule has 0 radical (unpaired) electrons. The molecule has 0 aliphatic rings. The Morgan fingerprint density at radius 1 is 1.06 bits per heavy atom. The first-order valence-corrected chi connectivity index (χ1v) is 7.49. The Kier molecular flexibility index (Phi) is 4.27. The summed E-state index contributed by atoms with van der Waals surface area (Å²) in [5, 5.41) is 3.18. The SMILES string of the molecule is BrCCOc1ccc2cc(Br)ccc2c1Br. The molecule has 0 fully saturated rings. The molecule has 0 saturated carbocycles. The van der Waals surface area contributed by atoms with E-state index in [-0.39, 0.29) is 0 Å². The standard InChI is InChI=1S/C12H9Br3O/c13-5-6-16-11-4-1-8-7-9(14)2-3-10(8)12(11)15/h1-4,7H,5-6H2. The van der Waals surface area contributed by atoms with Crippen LogP contribution < -0.4 is 4.74 Å². The molecule has 84 valence electrons. The first-order valence-electron chi connectivity index (χ1n) is 4.79. The lowest BCUT2D eigenvalue weighted by atomic mass is 10.1. The van der Waals surface area contributed by atoms with Gasteiger partial charge in [-0.25, -0.2) is 0 Å². The molecule has 2 aromatic carbocycles. The third-order valence-corrected chi connectivity index (χ3v) is 3.85. The third kappa shape index (κ3) is 2.60. The fraction of sp³-hybridized carbons (Fsp3) is 0.167. The van der Waals surface area contributed by atoms with Gasteiger partial charge in [0.25, 0.3) is 0 Å². The topological polar surface area (TPSA) is 9.23 Å². The quantitative estimate of drug-likeness (QED) is 0.639. The smallest absolute Gasteiger partial charge is 0.134 e. The average Bonchev–Trinajstić information content (AvgIpc) is 2.28. The fourth-order valence-electron chi connectivity index (χ4n) is 1.50. The van der Waals surface area contributed by atoms with Crippen LogP contribution in [0.2, 0.25) is 0 Å². The van der Waals surface area contributed by atoms with E-state index in [1.54, 1.807) is 0 Å². The van der Waals surface area contributed by atoms with Crippen molar-refractivity contribution in [3.8, 4) is 5.75 Å². The summed E-state index contributed by atoms with van der Waals surface area (Å²) in [5.41, 5.74) is 0. The van der Waals surface area contributed by atoms with E-state index in [0.717, 1.165) is 25.4 Å². The van der Waals surface area contributed by atoms with E-state index in [1.807, 2.05) is 12.1 Å². The maximum Gasteiger partial charge on any atom is 0.134 e. The lowest BCUT2D eigenvalue weighted by molar-refractivity contribution is 0.343. The summed E-state index contributed by atoms with van der Waals surface area (Å²) in [6.07, 6.45) is 0. The van der Waals surface area contributed by atoms with Crippen molar-refractivity contribution in [2.45, 2.75) is 0 Å². The van der Waals surface area contributed by atoms with Crippen LogP contribution in [-0.2, 0) is 0 Å². The molecular weight excluding hydrogens is 400 g/mol. The van der Waals surface area contributed by atoms with E-state index in [1.165, 1.54) is 5.39 Å². The predicted molar refractivity (Wildman–Crippen MR) is 78.6 cm³/mol. The molecule has 0 heterocycles. The van der Waals surface area contributed by atoms with Gasteiger partial charge in [0.2, 0.25) is 0 Å². The van der Waals surface area contributed by atoms with Gasteiger partial charge in [0.15, 0.2) is 0 Å². The Bertz CT molecular complexity index is 511. The second-order valence-corrected chi connectivity index (χ2v) is 5.78. The van der Waals surface area contributed by atoms with Crippen molar-refractivity contribution in [3.63, 3.8) is 0 Å². The molecule has 0 atom stereocenters. The summed E-state index contributed by atoms with van der Waals surface area (Å²) >= 11 is 10.4. The highest BCUT2D eigenvalue weighted by Gasteiger charge is 2.06. The molecule has 1 nitrogen and oxygen atoms in total. The van der Waals surface area contributed by atoms with Crippen LogP contribution in [0.15, 0.2) is 39.3 Å². The molecule has 0 amide bonds. The number of alkyl halides is 1. The normalized spacial score (nSPS) is 10.7. The minimum Gasteiger partial charge on any atom is -0.492 e. The average molecular weight is 409 g/mol. The lowest BCUT2D eigenvalue weighted by Gasteiger charge is -2.09. The molecule has 0 spiro atoms. The van der Waals surface area contributed by atoms with Crippen LogP contribution >= 0.6 is 47.8 Å². The summed E-state index contributed by atoms with van der Waals surface area (Å²) in [6, 6.07) is 10.2. The molecule has 2 rings (SSSR count). The van der Waals surface area contributed by atoms with Gasteiger partial charge in [-0.1, -0.05) is 44.0 Å². The Morgan fingerprint density at radius 2 is 1.88 bits per heavy atom. The van der Waals surface area contributed by atoms with Gasteiger partial charge in [-0.05, 0) is 44.9 Å². The zero-order valence-corrected chi connectivity index (χ0v) is 13.1. The van der Waals surface area contributed by atoms with Gasteiger partial charge in [0.1, 0.15) is 5.75 Å². The molecule has 4 heteroatoms. The minimum atomic E-state index is 0.667. The van der Waals surface area contributed by atoms with Crippen molar-refractivity contribution in [2.75, 3.05) is 11.9 Å². The number of fused-ring (bicyclic) bond motifs is 1. The zero-order chi connectivity index (χ0) is 11.5. The number of hydrogen-bond acceptors (Lipinski definition) is 1. The molecule has 0 N–H and O–H groups in total. The van der Waals surface area contributed by atoms with E-state index in [4.69, 9.17) is 4.74 Å². The second-order valence-electron chi connectivity index (χ2n) is 3.28. The third-order valence-electron chi connectivity index (χ3n) is 2.22. The van der Waals surface area contributed by atoms with Crippen LogP contribution in [0.1, 0.15) is 0 Å². The van der Waals surface area contributed by atoms with Crippen molar-refractivity contribution in [2.24, 2.45) is 0 Å². The predicted octanol–water partition coefficient (Wildman–Crippen LogP) is 5.14. The van der Waals surface area contributed by atoms with E-state index < -0.39 is 0 Å². The maximum atomic E-state index is 5.62. The molecule has 0 unspecified atom stereocenters. The van der Waals surface area contributed by atoms with Gasteiger partial charge in [-0.2, -0.15) is 0 Å². The van der Waals surface area contributed by atoms with Gasteiger partial charge in [0.05, 0.1) is 11.1 Å². The lowest BCUT2D eigenvalue weighted by Crippen LogP contribution is -1.98. The molecule has 0 saturated heterocycles. The molecule has 0 aliphatic carbocycles. The largest absolute Gasteiger partial charge is 0.492 e. The molecule has 0 aromatic heterocycles. The number of hydrogen-bond donors (Lipinski definition) is 0. The fourth-order valence-corrected chi connectivity index (χ4v) is 2.65. The molecule has 0 bridgehead atoms. The second kappa shape index (κ2) is 5.52. The van der Waals surface area contributed by atoms with E-state index in [9.17, 15) is 0 Å². The summed E-state index contributed by atoms with van der Waals surface area (Å²) in [5.74, 6) is 0.884. The summed E-state index contributed by atoms with van der Waals surface area (Å²) in [7, 11) is 0. The van der Waals surface area contributed by atoms with Crippen molar-refractivity contribution < 1.29 is 4.74 Å². The Hall–Kier alpha value is -0.0600. The number of rotatable bonds is 3. The van der Waals surface area contributed by atoms with Crippen LogP contribution in [0.4, 0.5) is 0 Å². The van der Waals surface area contributed by atoms with Gasteiger partial charge in [-0.3, -0.25) is 0 Å². The highest BCUT2D eigenvalue weighted by Crippen LogP contribution is 2.34. The highest BCUT2D eigenvalue weighted by molar-refractivity contribution is 9.11. The number of ether oxygens (including phenoxy) is 1. The number of halogens is 3. The van der Waals surface area contributed by atoms with Crippen molar-refractivity contribution in [3.05, 3.63) is 39.3 Å². The Balaban J connectivity index is 2.48. The van der Waals surface area contributed by atoms with Crippen LogP contribution in [-0.4, -0.2) is 11.9 Å². The maximum absolute atomic E-state index is 5.62. The van der Waals surface area contributed by atoms with Crippen LogP contribution in [0, 0.1) is 0 Å². The number of benzene rings is 2. The van der Waals surface area contributed by atoms with Crippen LogP contribution in [0.3, 0.4) is 0 Å². The summed E-state index contributed by atoms with van der Waals surface area (Å²) in [4.78, 5) is 0. The highest BCUT2D eigenvalue weighted by atomic mass is 79.9. The first-order chi connectivity index (χ1) is 7.72. The monoisotopic (exact) mass is 406 g/mol. The molecular formula is C12H9Br3O. The summed E-state index contributed by atoms with van der Waals surface area (Å²) in [6.45, 7) is 0.667.